The number of aryl methyl sites for hydroxylation is 1. The van der Waals surface area contributed by atoms with Crippen molar-refractivity contribution in [1.82, 2.24) is 15.0 Å². The molecule has 0 saturated carbocycles. The van der Waals surface area contributed by atoms with Gasteiger partial charge in [-0.15, -0.1) is 0 Å². The van der Waals surface area contributed by atoms with Gasteiger partial charge in [0, 0.05) is 45.4 Å². The molecule has 0 atom stereocenters. The van der Waals surface area contributed by atoms with Crippen LogP contribution < -0.4 is 0 Å². The topological polar surface area (TPSA) is 41.7 Å². The Hall–Kier alpha value is -0.910. The van der Waals surface area contributed by atoms with Gasteiger partial charge in [-0.05, 0) is 19.9 Å². The maximum atomic E-state index is 5.65. The highest BCUT2D eigenvalue weighted by Gasteiger charge is 2.12. The third-order valence-electron chi connectivity index (χ3n) is 3.36. The average Bonchev–Trinajstić information content (AvgIpc) is 3.00. The molecule has 1 saturated heterocycles. The lowest BCUT2D eigenvalue weighted by molar-refractivity contribution is 0.0807. The zero-order valence-corrected chi connectivity index (χ0v) is 13.2. The zero-order valence-electron chi connectivity index (χ0n) is 13.2. The quantitative estimate of drug-likeness (QED) is 0.715. The third kappa shape index (κ3) is 7.03. The second-order valence-corrected chi connectivity index (χ2v) is 4.85. The Morgan fingerprint density at radius 3 is 2.60 bits per heavy atom. The molecule has 1 aromatic rings. The number of hydrogen-bond acceptors (Lipinski definition) is 5. The first-order valence-corrected chi connectivity index (χ1v) is 7.72. The van der Waals surface area contributed by atoms with E-state index in [0.717, 1.165) is 38.3 Å². The first-order valence-electron chi connectivity index (χ1n) is 7.72. The van der Waals surface area contributed by atoms with Gasteiger partial charge in [0.1, 0.15) is 6.26 Å². The summed E-state index contributed by atoms with van der Waals surface area (Å²) in [7, 11) is 2.18. The smallest absolute Gasteiger partial charge is 0.124 e. The van der Waals surface area contributed by atoms with Crippen molar-refractivity contribution in [3.05, 3.63) is 18.0 Å². The third-order valence-corrected chi connectivity index (χ3v) is 3.36. The molecule has 1 aromatic heterocycles. The Morgan fingerprint density at radius 2 is 1.95 bits per heavy atom. The highest BCUT2D eigenvalue weighted by Crippen LogP contribution is 2.00. The molecular formula is C15H29N3O2. The molecule has 0 spiro atoms. The number of rotatable bonds is 7. The molecule has 0 aromatic carbocycles. The number of likely N-dealkylation sites (N-methyl/N-ethyl adjacent to an activating group) is 1. The van der Waals surface area contributed by atoms with Crippen LogP contribution in [0.25, 0.3) is 0 Å². The maximum Gasteiger partial charge on any atom is 0.124 e. The van der Waals surface area contributed by atoms with Crippen molar-refractivity contribution in [2.24, 2.45) is 0 Å². The summed E-state index contributed by atoms with van der Waals surface area (Å²) in [6, 6.07) is 1.91. The Labute approximate surface area is 122 Å². The number of aromatic nitrogens is 1. The van der Waals surface area contributed by atoms with Crippen molar-refractivity contribution in [3.63, 3.8) is 0 Å². The van der Waals surface area contributed by atoms with Crippen LogP contribution in [0.4, 0.5) is 0 Å². The molecule has 0 radical (unpaired) electrons. The fourth-order valence-electron chi connectivity index (χ4n) is 2.09. The van der Waals surface area contributed by atoms with E-state index in [4.69, 9.17) is 9.26 Å². The second kappa shape index (κ2) is 10.8. The van der Waals surface area contributed by atoms with Gasteiger partial charge in [0.2, 0.25) is 0 Å². The normalized spacial score (nSPS) is 16.8. The van der Waals surface area contributed by atoms with E-state index in [1.807, 2.05) is 19.9 Å². The van der Waals surface area contributed by atoms with Crippen LogP contribution >= 0.6 is 0 Å². The van der Waals surface area contributed by atoms with Gasteiger partial charge in [0.05, 0.1) is 12.3 Å². The highest BCUT2D eigenvalue weighted by molar-refractivity contribution is 4.94. The van der Waals surface area contributed by atoms with Crippen LogP contribution in [-0.4, -0.2) is 67.9 Å². The predicted molar refractivity (Wildman–Crippen MR) is 80.9 cm³/mol. The standard InChI is InChI=1S/C13H23N3O2.C2H6/c1-15-5-7-16(8-6-15)9-12-17-10-2-3-13-4-11-18-14-13;1-2/h4,11H,2-3,5-10,12H2,1H3;1-2H3. The van der Waals surface area contributed by atoms with Crippen LogP contribution in [0.1, 0.15) is 26.0 Å². The monoisotopic (exact) mass is 283 g/mol. The number of nitrogens with zero attached hydrogens (tertiary/aromatic N) is 3. The van der Waals surface area contributed by atoms with Crippen molar-refractivity contribution >= 4 is 0 Å². The molecule has 20 heavy (non-hydrogen) atoms. The van der Waals surface area contributed by atoms with Crippen LogP contribution in [0.2, 0.25) is 0 Å². The molecule has 0 unspecified atom stereocenters. The van der Waals surface area contributed by atoms with Crippen LogP contribution in [-0.2, 0) is 11.2 Å². The number of piperazine rings is 1. The average molecular weight is 283 g/mol. The molecule has 2 rings (SSSR count). The summed E-state index contributed by atoms with van der Waals surface area (Å²) in [5.74, 6) is 0. The van der Waals surface area contributed by atoms with Crippen molar-refractivity contribution in [2.45, 2.75) is 26.7 Å². The maximum absolute atomic E-state index is 5.65. The van der Waals surface area contributed by atoms with Crippen LogP contribution in [0.3, 0.4) is 0 Å². The van der Waals surface area contributed by atoms with Crippen molar-refractivity contribution in [1.29, 1.82) is 0 Å². The van der Waals surface area contributed by atoms with Crippen LogP contribution in [0.5, 0.6) is 0 Å². The Bertz CT molecular complexity index is 309. The molecular weight excluding hydrogens is 254 g/mol. The van der Waals surface area contributed by atoms with Crippen LogP contribution in [0.15, 0.2) is 16.9 Å². The van der Waals surface area contributed by atoms with Gasteiger partial charge >= 0.3 is 0 Å². The van der Waals surface area contributed by atoms with Gasteiger partial charge in [-0.2, -0.15) is 0 Å². The Balaban J connectivity index is 0.000000956. The summed E-state index contributed by atoms with van der Waals surface area (Å²) < 4.78 is 10.4. The summed E-state index contributed by atoms with van der Waals surface area (Å²) in [5.41, 5.74) is 1.01. The molecule has 5 heteroatoms. The summed E-state index contributed by atoms with van der Waals surface area (Å²) in [5, 5.41) is 3.87. The van der Waals surface area contributed by atoms with E-state index >= 15 is 0 Å². The Kier molecular flexibility index (Phi) is 9.28. The summed E-state index contributed by atoms with van der Waals surface area (Å²) in [6.07, 6.45) is 3.56. The van der Waals surface area contributed by atoms with E-state index in [9.17, 15) is 0 Å². The van der Waals surface area contributed by atoms with Gasteiger partial charge in [0.15, 0.2) is 0 Å². The fraction of sp³-hybridized carbons (Fsp3) is 0.800. The number of ether oxygens (including phenoxy) is 1. The lowest BCUT2D eigenvalue weighted by Gasteiger charge is -2.32. The van der Waals surface area contributed by atoms with Crippen LogP contribution in [0, 0.1) is 0 Å². The summed E-state index contributed by atoms with van der Waals surface area (Å²) in [4.78, 5) is 4.84. The summed E-state index contributed by atoms with van der Waals surface area (Å²) >= 11 is 0. The molecule has 0 amide bonds. The van der Waals surface area contributed by atoms with E-state index in [0.29, 0.717) is 0 Å². The molecule has 0 bridgehead atoms. The SMILES string of the molecule is CC.CN1CCN(CCOCCCc2ccon2)CC1. The largest absolute Gasteiger partial charge is 0.380 e. The molecule has 5 nitrogen and oxygen atoms in total. The van der Waals surface area contributed by atoms with Crippen molar-refractivity contribution < 1.29 is 9.26 Å². The molecule has 0 N–H and O–H groups in total. The highest BCUT2D eigenvalue weighted by atomic mass is 16.5. The van der Waals surface area contributed by atoms with E-state index in [1.54, 1.807) is 6.26 Å². The van der Waals surface area contributed by atoms with Gasteiger partial charge in [-0.3, -0.25) is 4.90 Å². The second-order valence-electron chi connectivity index (χ2n) is 4.85. The molecule has 0 aliphatic carbocycles. The Morgan fingerprint density at radius 1 is 1.20 bits per heavy atom. The zero-order chi connectivity index (χ0) is 14.6. The molecule has 2 heterocycles. The van der Waals surface area contributed by atoms with Gasteiger partial charge in [-0.25, -0.2) is 0 Å². The first-order chi connectivity index (χ1) is 9.84. The summed E-state index contributed by atoms with van der Waals surface area (Å²) in [6.45, 7) is 11.4. The van der Waals surface area contributed by atoms with Crippen molar-refractivity contribution in [3.8, 4) is 0 Å². The molecule has 1 fully saturated rings. The lowest BCUT2D eigenvalue weighted by atomic mass is 10.2. The van der Waals surface area contributed by atoms with E-state index in [-0.39, 0.29) is 0 Å². The van der Waals surface area contributed by atoms with E-state index in [1.165, 1.54) is 26.2 Å². The fourth-order valence-corrected chi connectivity index (χ4v) is 2.09. The number of hydrogen-bond donors (Lipinski definition) is 0. The van der Waals surface area contributed by atoms with Crippen molar-refractivity contribution in [2.75, 3.05) is 53.0 Å². The van der Waals surface area contributed by atoms with Gasteiger partial charge < -0.3 is 14.2 Å². The van der Waals surface area contributed by atoms with E-state index in [2.05, 4.69) is 22.0 Å². The van der Waals surface area contributed by atoms with Gasteiger partial charge in [-0.1, -0.05) is 19.0 Å². The van der Waals surface area contributed by atoms with E-state index < -0.39 is 0 Å². The molecule has 1 aliphatic rings. The molecule has 1 aliphatic heterocycles. The predicted octanol–water partition coefficient (Wildman–Crippen LogP) is 1.90. The molecule has 116 valence electrons. The minimum absolute atomic E-state index is 0.806. The minimum atomic E-state index is 0.806. The minimum Gasteiger partial charge on any atom is -0.380 e. The van der Waals surface area contributed by atoms with Gasteiger partial charge in [0.25, 0.3) is 0 Å². The lowest BCUT2D eigenvalue weighted by Crippen LogP contribution is -2.45. The first kappa shape index (κ1) is 17.1.